The fourth-order valence-corrected chi connectivity index (χ4v) is 2.51. The maximum Gasteiger partial charge on any atom is 0.332 e. The van der Waals surface area contributed by atoms with Crippen LogP contribution in [-0.4, -0.2) is 34.9 Å². The zero-order chi connectivity index (χ0) is 15.2. The van der Waals surface area contributed by atoms with E-state index < -0.39 is 12.1 Å². The largest absolute Gasteiger partial charge is 0.479 e. The standard InChI is InChI=1S/C15H20N2O4/c18-13(14(19)20)8-9-16-15(21)17-12-7-3-5-10-4-1-2-6-11(10)12/h3,5,7,13,18H,1-2,4,6,8-9H2,(H,19,20)(H2,16,17,21). The molecule has 2 amide bonds. The van der Waals surface area contributed by atoms with Gasteiger partial charge in [0.1, 0.15) is 0 Å². The number of aliphatic carboxylic acids is 1. The van der Waals surface area contributed by atoms with Gasteiger partial charge in [-0.2, -0.15) is 0 Å². The lowest BCUT2D eigenvalue weighted by Crippen LogP contribution is -2.33. The van der Waals surface area contributed by atoms with Crippen LogP contribution >= 0.6 is 0 Å². The molecule has 6 heteroatoms. The first-order chi connectivity index (χ1) is 10.1. The Morgan fingerprint density at radius 1 is 1.24 bits per heavy atom. The summed E-state index contributed by atoms with van der Waals surface area (Å²) in [5, 5.41) is 23.0. The molecule has 0 fully saturated rings. The summed E-state index contributed by atoms with van der Waals surface area (Å²) in [5.41, 5.74) is 3.27. The Kier molecular flexibility index (Phi) is 5.16. The Morgan fingerprint density at radius 2 is 2.00 bits per heavy atom. The highest BCUT2D eigenvalue weighted by molar-refractivity contribution is 5.90. The van der Waals surface area contributed by atoms with Crippen molar-refractivity contribution in [2.24, 2.45) is 0 Å². The van der Waals surface area contributed by atoms with E-state index in [0.29, 0.717) is 0 Å². The van der Waals surface area contributed by atoms with Gasteiger partial charge in [0.05, 0.1) is 0 Å². The highest BCUT2D eigenvalue weighted by Gasteiger charge is 2.15. The Labute approximate surface area is 123 Å². The molecule has 6 nitrogen and oxygen atoms in total. The van der Waals surface area contributed by atoms with Crippen LogP contribution in [0, 0.1) is 0 Å². The van der Waals surface area contributed by atoms with Crippen LogP contribution in [0.5, 0.6) is 0 Å². The lowest BCUT2D eigenvalue weighted by molar-refractivity contribution is -0.146. The number of amides is 2. The van der Waals surface area contributed by atoms with E-state index in [0.717, 1.165) is 24.9 Å². The summed E-state index contributed by atoms with van der Waals surface area (Å²) in [5.74, 6) is -1.28. The summed E-state index contributed by atoms with van der Waals surface area (Å²) in [6.07, 6.45) is 2.83. The van der Waals surface area contributed by atoms with Crippen LogP contribution in [0.25, 0.3) is 0 Å². The van der Waals surface area contributed by atoms with Gasteiger partial charge >= 0.3 is 12.0 Å². The number of nitrogens with one attached hydrogen (secondary N) is 2. The molecule has 1 aromatic carbocycles. The molecule has 21 heavy (non-hydrogen) atoms. The molecule has 0 spiro atoms. The molecule has 2 rings (SSSR count). The summed E-state index contributed by atoms with van der Waals surface area (Å²) in [7, 11) is 0. The normalized spacial score (nSPS) is 14.9. The molecule has 1 aromatic rings. The van der Waals surface area contributed by atoms with Gasteiger partial charge in [-0.25, -0.2) is 9.59 Å². The molecule has 0 aliphatic heterocycles. The van der Waals surface area contributed by atoms with Gasteiger partial charge in [-0.1, -0.05) is 12.1 Å². The van der Waals surface area contributed by atoms with E-state index in [4.69, 9.17) is 10.2 Å². The SMILES string of the molecule is O=C(NCCC(O)C(=O)O)Nc1cccc2c1CCCC2. The number of hydrogen-bond acceptors (Lipinski definition) is 3. The molecular weight excluding hydrogens is 272 g/mol. The van der Waals surface area contributed by atoms with Crippen LogP contribution in [0.3, 0.4) is 0 Å². The number of aliphatic hydroxyl groups excluding tert-OH is 1. The molecule has 0 saturated carbocycles. The number of carboxylic acid groups (broad SMARTS) is 1. The number of fused-ring (bicyclic) bond motifs is 1. The van der Waals surface area contributed by atoms with Crippen molar-refractivity contribution in [2.45, 2.75) is 38.2 Å². The van der Waals surface area contributed by atoms with Gasteiger partial charge in [0.2, 0.25) is 0 Å². The molecular formula is C15H20N2O4. The van der Waals surface area contributed by atoms with Crippen molar-refractivity contribution in [3.63, 3.8) is 0 Å². The van der Waals surface area contributed by atoms with Crippen molar-refractivity contribution >= 4 is 17.7 Å². The van der Waals surface area contributed by atoms with Crippen molar-refractivity contribution in [1.29, 1.82) is 0 Å². The van der Waals surface area contributed by atoms with E-state index in [-0.39, 0.29) is 19.0 Å². The van der Waals surface area contributed by atoms with Crippen molar-refractivity contribution < 1.29 is 19.8 Å². The van der Waals surface area contributed by atoms with Crippen LogP contribution in [-0.2, 0) is 17.6 Å². The highest BCUT2D eigenvalue weighted by atomic mass is 16.4. The highest BCUT2D eigenvalue weighted by Crippen LogP contribution is 2.27. The molecule has 114 valence electrons. The molecule has 0 heterocycles. The van der Waals surface area contributed by atoms with E-state index in [1.165, 1.54) is 17.5 Å². The lowest BCUT2D eigenvalue weighted by Gasteiger charge is -2.19. The van der Waals surface area contributed by atoms with E-state index in [1.54, 1.807) is 0 Å². The number of rotatable bonds is 5. The Hall–Kier alpha value is -2.08. The molecule has 1 atom stereocenters. The number of hydrogen-bond donors (Lipinski definition) is 4. The van der Waals surface area contributed by atoms with Crippen molar-refractivity contribution in [3.05, 3.63) is 29.3 Å². The predicted molar refractivity (Wildman–Crippen MR) is 78.4 cm³/mol. The summed E-state index contributed by atoms with van der Waals surface area (Å²) < 4.78 is 0. The first kappa shape index (κ1) is 15.3. The minimum atomic E-state index is -1.45. The summed E-state index contributed by atoms with van der Waals surface area (Å²) in [4.78, 5) is 22.2. The second kappa shape index (κ2) is 7.08. The van der Waals surface area contributed by atoms with Crippen LogP contribution in [0.15, 0.2) is 18.2 Å². The van der Waals surface area contributed by atoms with Gasteiger partial charge in [0.15, 0.2) is 6.10 Å². The Bertz CT molecular complexity index is 530. The maximum atomic E-state index is 11.8. The quantitative estimate of drug-likeness (QED) is 0.661. The van der Waals surface area contributed by atoms with Crippen LogP contribution in [0.2, 0.25) is 0 Å². The Balaban J connectivity index is 1.87. The number of anilines is 1. The lowest BCUT2D eigenvalue weighted by atomic mass is 9.90. The third-order valence-electron chi connectivity index (χ3n) is 3.63. The molecule has 1 aliphatic carbocycles. The predicted octanol–water partition coefficient (Wildman–Crippen LogP) is 1.52. The molecule has 4 N–H and O–H groups in total. The molecule has 0 radical (unpaired) electrons. The zero-order valence-corrected chi connectivity index (χ0v) is 11.8. The second-order valence-electron chi connectivity index (χ2n) is 5.17. The van der Waals surface area contributed by atoms with Crippen molar-refractivity contribution in [3.8, 4) is 0 Å². The maximum absolute atomic E-state index is 11.8. The van der Waals surface area contributed by atoms with Gasteiger partial charge in [0, 0.05) is 18.7 Å². The molecule has 1 unspecified atom stereocenters. The second-order valence-corrected chi connectivity index (χ2v) is 5.17. The average molecular weight is 292 g/mol. The summed E-state index contributed by atoms with van der Waals surface area (Å²) in [6, 6.07) is 5.50. The first-order valence-corrected chi connectivity index (χ1v) is 7.14. The Morgan fingerprint density at radius 3 is 2.76 bits per heavy atom. The number of benzene rings is 1. The summed E-state index contributed by atoms with van der Waals surface area (Å²) in [6.45, 7) is 0.105. The first-order valence-electron chi connectivity index (χ1n) is 7.14. The number of aliphatic hydroxyl groups is 1. The van der Waals surface area contributed by atoms with E-state index >= 15 is 0 Å². The van der Waals surface area contributed by atoms with E-state index in [1.807, 2.05) is 12.1 Å². The van der Waals surface area contributed by atoms with Gasteiger partial charge in [-0.05, 0) is 42.9 Å². The van der Waals surface area contributed by atoms with E-state index in [9.17, 15) is 9.59 Å². The van der Waals surface area contributed by atoms with Gasteiger partial charge in [0.25, 0.3) is 0 Å². The fourth-order valence-electron chi connectivity index (χ4n) is 2.51. The molecule has 0 bridgehead atoms. The average Bonchev–Trinajstić information content (AvgIpc) is 2.47. The minimum absolute atomic E-state index is 0.0182. The molecule has 1 aliphatic rings. The molecule has 0 aromatic heterocycles. The molecule has 0 saturated heterocycles. The number of urea groups is 1. The zero-order valence-electron chi connectivity index (χ0n) is 11.8. The number of carboxylic acids is 1. The van der Waals surface area contributed by atoms with Crippen molar-refractivity contribution in [1.82, 2.24) is 5.32 Å². The topological polar surface area (TPSA) is 98.7 Å². The van der Waals surface area contributed by atoms with Crippen LogP contribution in [0.1, 0.15) is 30.4 Å². The summed E-state index contributed by atoms with van der Waals surface area (Å²) >= 11 is 0. The number of aryl methyl sites for hydroxylation is 1. The number of carbonyl (C=O) groups excluding carboxylic acids is 1. The van der Waals surface area contributed by atoms with E-state index in [2.05, 4.69) is 16.7 Å². The minimum Gasteiger partial charge on any atom is -0.479 e. The third-order valence-corrected chi connectivity index (χ3v) is 3.63. The van der Waals surface area contributed by atoms with Gasteiger partial charge in [-0.15, -0.1) is 0 Å². The monoisotopic (exact) mass is 292 g/mol. The van der Waals surface area contributed by atoms with Crippen LogP contribution in [0.4, 0.5) is 10.5 Å². The smallest absolute Gasteiger partial charge is 0.332 e. The third kappa shape index (κ3) is 4.19. The van der Waals surface area contributed by atoms with Crippen molar-refractivity contribution in [2.75, 3.05) is 11.9 Å². The van der Waals surface area contributed by atoms with Gasteiger partial charge < -0.3 is 20.8 Å². The number of carbonyl (C=O) groups is 2. The fraction of sp³-hybridized carbons (Fsp3) is 0.467. The van der Waals surface area contributed by atoms with Crippen LogP contribution < -0.4 is 10.6 Å². The van der Waals surface area contributed by atoms with Gasteiger partial charge in [-0.3, -0.25) is 0 Å².